The summed E-state index contributed by atoms with van der Waals surface area (Å²) in [5.41, 5.74) is 0.450. The fourth-order valence-electron chi connectivity index (χ4n) is 3.56. The molecule has 1 atom stereocenters. The lowest BCUT2D eigenvalue weighted by Crippen LogP contribution is -2.31. The van der Waals surface area contributed by atoms with Gasteiger partial charge in [0, 0.05) is 0 Å². The van der Waals surface area contributed by atoms with E-state index in [1.165, 1.54) is 60.9 Å². The number of aliphatic hydroxyl groups excluding tert-OH is 1. The van der Waals surface area contributed by atoms with Crippen LogP contribution < -0.4 is 4.90 Å². The number of ketones is 1. The molecule has 3 heterocycles. The average molecular weight is 438 g/mol. The maximum absolute atomic E-state index is 14.0. The number of aromatic nitrogens is 1. The summed E-state index contributed by atoms with van der Waals surface area (Å²) in [6.07, 6.45) is 1.29. The number of benzene rings is 2. The number of Topliss-reactive ketones (excluding diaryl/α,β-unsaturated/α-hetero) is 1. The molecule has 1 N–H and O–H groups in total. The van der Waals surface area contributed by atoms with E-state index in [0.717, 1.165) is 16.2 Å². The van der Waals surface area contributed by atoms with Crippen LogP contribution in [-0.2, 0) is 4.79 Å². The maximum atomic E-state index is 14.0. The Balaban J connectivity index is 1.70. The molecule has 0 radical (unpaired) electrons. The van der Waals surface area contributed by atoms with Gasteiger partial charge in [-0.25, -0.2) is 13.8 Å². The summed E-state index contributed by atoms with van der Waals surface area (Å²) in [5.74, 6) is -3.48. The van der Waals surface area contributed by atoms with Crippen LogP contribution in [0.2, 0.25) is 0 Å². The first kappa shape index (κ1) is 19.1. The van der Waals surface area contributed by atoms with Crippen molar-refractivity contribution in [2.24, 2.45) is 0 Å². The number of hydrogen-bond donors (Lipinski definition) is 1. The van der Waals surface area contributed by atoms with Gasteiger partial charge in [0.2, 0.25) is 5.78 Å². The summed E-state index contributed by atoms with van der Waals surface area (Å²) in [6.45, 7) is 0. The molecule has 0 saturated carbocycles. The maximum Gasteiger partial charge on any atom is 0.296 e. The Morgan fingerprint density at radius 1 is 1.10 bits per heavy atom. The van der Waals surface area contributed by atoms with Crippen LogP contribution in [0.1, 0.15) is 22.2 Å². The number of carbonyl (C=O) groups excluding carboxylic acids is 2. The number of hydrogen-bond acceptors (Lipinski definition) is 6. The third-order valence-corrected chi connectivity index (χ3v) is 5.92. The molecule has 0 bridgehead atoms. The van der Waals surface area contributed by atoms with Crippen LogP contribution >= 0.6 is 11.3 Å². The van der Waals surface area contributed by atoms with Crippen LogP contribution in [0.15, 0.2) is 76.6 Å². The molecule has 154 valence electrons. The molecule has 0 fully saturated rings. The molecule has 1 aliphatic rings. The van der Waals surface area contributed by atoms with Crippen molar-refractivity contribution in [3.05, 3.63) is 95.2 Å². The zero-order chi connectivity index (χ0) is 21.7. The highest BCUT2D eigenvalue weighted by Gasteiger charge is 2.46. The number of amides is 1. The van der Waals surface area contributed by atoms with Crippen molar-refractivity contribution in [2.75, 3.05) is 4.90 Å². The van der Waals surface area contributed by atoms with Gasteiger partial charge < -0.3 is 9.52 Å². The van der Waals surface area contributed by atoms with Crippen molar-refractivity contribution in [2.45, 2.75) is 6.04 Å². The van der Waals surface area contributed by atoms with Gasteiger partial charge in [-0.15, -0.1) is 0 Å². The second-order valence-corrected chi connectivity index (χ2v) is 7.82. The van der Waals surface area contributed by atoms with Gasteiger partial charge in [0.05, 0.1) is 28.1 Å². The number of thiazole rings is 1. The lowest BCUT2D eigenvalue weighted by molar-refractivity contribution is -0.117. The molecule has 5 rings (SSSR count). The molecule has 0 saturated heterocycles. The third kappa shape index (κ3) is 3.10. The molecule has 0 aliphatic carbocycles. The van der Waals surface area contributed by atoms with Crippen molar-refractivity contribution in [1.29, 1.82) is 0 Å². The lowest BCUT2D eigenvalue weighted by atomic mass is 9.95. The van der Waals surface area contributed by atoms with Crippen LogP contribution in [-0.4, -0.2) is 21.8 Å². The Morgan fingerprint density at radius 2 is 1.90 bits per heavy atom. The van der Waals surface area contributed by atoms with E-state index in [-0.39, 0.29) is 22.0 Å². The van der Waals surface area contributed by atoms with Crippen molar-refractivity contribution < 1.29 is 27.9 Å². The molecule has 31 heavy (non-hydrogen) atoms. The number of halogens is 2. The van der Waals surface area contributed by atoms with E-state index in [9.17, 15) is 23.5 Å². The highest BCUT2D eigenvalue weighted by molar-refractivity contribution is 7.22. The molecular formula is C22H12F2N2O4S. The first-order valence-electron chi connectivity index (χ1n) is 9.10. The normalized spacial score (nSPS) is 16.5. The fourth-order valence-corrected chi connectivity index (χ4v) is 4.57. The fraction of sp³-hybridized carbons (Fsp3) is 0.0455. The van der Waals surface area contributed by atoms with E-state index in [4.69, 9.17) is 4.42 Å². The van der Waals surface area contributed by atoms with Crippen molar-refractivity contribution in [3.63, 3.8) is 0 Å². The van der Waals surface area contributed by atoms with E-state index in [1.54, 1.807) is 0 Å². The molecule has 0 unspecified atom stereocenters. The molecule has 0 spiro atoms. The Kier molecular flexibility index (Phi) is 4.40. The van der Waals surface area contributed by atoms with Crippen LogP contribution in [0.5, 0.6) is 0 Å². The van der Waals surface area contributed by atoms with E-state index in [1.807, 2.05) is 0 Å². The quantitative estimate of drug-likeness (QED) is 0.456. The second-order valence-electron chi connectivity index (χ2n) is 6.81. The number of furan rings is 1. The molecule has 2 aromatic heterocycles. The number of aliphatic hydroxyl groups is 1. The van der Waals surface area contributed by atoms with E-state index >= 15 is 0 Å². The standard InChI is InChI=1S/C22H12F2N2O4S/c23-12-4-1-3-11(9-12)18-17(19(27)15-5-2-8-30-15)20(28)21(29)26(18)22-25-14-7-6-13(24)10-16(14)31-22/h1-10,18,28H/t18-/m1/s1. The second kappa shape index (κ2) is 7.13. The molecular weight excluding hydrogens is 426 g/mol. The Morgan fingerprint density at radius 3 is 2.65 bits per heavy atom. The first-order valence-corrected chi connectivity index (χ1v) is 9.92. The molecule has 1 aliphatic heterocycles. The summed E-state index contributed by atoms with van der Waals surface area (Å²) >= 11 is 1.02. The number of anilines is 1. The molecule has 2 aromatic carbocycles. The van der Waals surface area contributed by atoms with Crippen LogP contribution in [0.4, 0.5) is 13.9 Å². The summed E-state index contributed by atoms with van der Waals surface area (Å²) in [6, 6.07) is 11.1. The minimum Gasteiger partial charge on any atom is -0.503 e. The first-order chi connectivity index (χ1) is 14.9. The van der Waals surface area contributed by atoms with Gasteiger partial charge in [0.25, 0.3) is 5.91 Å². The molecule has 4 aromatic rings. The van der Waals surface area contributed by atoms with Crippen molar-refractivity contribution >= 4 is 38.4 Å². The monoisotopic (exact) mass is 438 g/mol. The van der Waals surface area contributed by atoms with E-state index in [2.05, 4.69) is 4.98 Å². The van der Waals surface area contributed by atoms with Gasteiger partial charge in [-0.05, 0) is 48.0 Å². The predicted molar refractivity (Wildman–Crippen MR) is 109 cm³/mol. The highest BCUT2D eigenvalue weighted by Crippen LogP contribution is 2.44. The summed E-state index contributed by atoms with van der Waals surface area (Å²) in [5, 5.41) is 10.8. The molecule has 9 heteroatoms. The smallest absolute Gasteiger partial charge is 0.296 e. The van der Waals surface area contributed by atoms with Gasteiger partial charge in [0.15, 0.2) is 16.7 Å². The number of carbonyl (C=O) groups is 2. The molecule has 6 nitrogen and oxygen atoms in total. The zero-order valence-corrected chi connectivity index (χ0v) is 16.4. The topological polar surface area (TPSA) is 83.6 Å². The Labute approximate surface area is 177 Å². The van der Waals surface area contributed by atoms with Gasteiger partial charge >= 0.3 is 0 Å². The zero-order valence-electron chi connectivity index (χ0n) is 15.6. The Hall–Kier alpha value is -3.85. The van der Waals surface area contributed by atoms with Crippen LogP contribution in [0.25, 0.3) is 10.2 Å². The van der Waals surface area contributed by atoms with Crippen molar-refractivity contribution in [3.8, 4) is 0 Å². The van der Waals surface area contributed by atoms with Gasteiger partial charge in [-0.2, -0.15) is 0 Å². The third-order valence-electron chi connectivity index (χ3n) is 4.91. The Bertz CT molecular complexity index is 1380. The SMILES string of the molecule is O=C(C1=C(O)C(=O)N(c2nc3ccc(F)cc3s2)[C@@H]1c1cccc(F)c1)c1ccco1. The van der Waals surface area contributed by atoms with Crippen LogP contribution in [0, 0.1) is 11.6 Å². The largest absolute Gasteiger partial charge is 0.503 e. The van der Waals surface area contributed by atoms with Crippen molar-refractivity contribution in [1.82, 2.24) is 4.98 Å². The average Bonchev–Trinajstić information content (AvgIpc) is 3.46. The van der Waals surface area contributed by atoms with Gasteiger partial charge in [0.1, 0.15) is 11.6 Å². The van der Waals surface area contributed by atoms with Gasteiger partial charge in [-0.1, -0.05) is 23.5 Å². The highest BCUT2D eigenvalue weighted by atomic mass is 32.1. The van der Waals surface area contributed by atoms with Gasteiger partial charge in [-0.3, -0.25) is 14.5 Å². The predicted octanol–water partition coefficient (Wildman–Crippen LogP) is 4.95. The minimum absolute atomic E-state index is 0.0797. The minimum atomic E-state index is -1.15. The number of nitrogens with zero attached hydrogens (tertiary/aromatic N) is 2. The molecule has 1 amide bonds. The van der Waals surface area contributed by atoms with E-state index in [0.29, 0.717) is 10.2 Å². The summed E-state index contributed by atoms with van der Waals surface area (Å²) in [7, 11) is 0. The van der Waals surface area contributed by atoms with Crippen LogP contribution in [0.3, 0.4) is 0 Å². The number of rotatable bonds is 4. The number of fused-ring (bicyclic) bond motifs is 1. The summed E-state index contributed by atoms with van der Waals surface area (Å²) in [4.78, 5) is 31.6. The van der Waals surface area contributed by atoms with E-state index < -0.39 is 35.1 Å². The lowest BCUT2D eigenvalue weighted by Gasteiger charge is -2.24. The summed E-state index contributed by atoms with van der Waals surface area (Å²) < 4.78 is 33.3.